The van der Waals surface area contributed by atoms with Crippen LogP contribution in [0.5, 0.6) is 0 Å². The fourth-order valence-electron chi connectivity index (χ4n) is 1.48. The quantitative estimate of drug-likeness (QED) is 0.763. The molecule has 0 heterocycles. The third kappa shape index (κ3) is 2.25. The molecule has 1 aromatic carbocycles. The Kier molecular flexibility index (Phi) is 3.51. The number of nitrogens with one attached hydrogen (secondary N) is 1. The average Bonchev–Trinajstić information content (AvgIpc) is 2.19. The predicted molar refractivity (Wildman–Crippen MR) is 58.2 cm³/mol. The van der Waals surface area contributed by atoms with E-state index in [2.05, 4.69) is 5.32 Å². The molecule has 0 saturated carbocycles. The summed E-state index contributed by atoms with van der Waals surface area (Å²) in [5, 5.41) is 3.02. The second-order valence-electron chi connectivity index (χ2n) is 3.24. The topological polar surface area (TPSA) is 55.1 Å². The van der Waals surface area contributed by atoms with Gasteiger partial charge in [-0.25, -0.2) is 0 Å². The van der Waals surface area contributed by atoms with E-state index < -0.39 is 0 Å². The number of anilines is 1. The van der Waals surface area contributed by atoms with Gasteiger partial charge in [-0.3, -0.25) is 4.79 Å². The molecule has 0 spiro atoms. The Morgan fingerprint density at radius 1 is 1.43 bits per heavy atom. The smallest absolute Gasteiger partial charge is 0.224 e. The first kappa shape index (κ1) is 10.6. The van der Waals surface area contributed by atoms with Crippen LogP contribution >= 0.6 is 0 Å². The molecule has 3 N–H and O–H groups in total. The van der Waals surface area contributed by atoms with Gasteiger partial charge in [-0.1, -0.05) is 19.1 Å². The number of rotatable bonds is 4. The Balaban J connectivity index is 2.89. The molecule has 1 unspecified atom stereocenters. The van der Waals surface area contributed by atoms with Crippen LogP contribution in [-0.4, -0.2) is 13.0 Å². The standard InChI is InChI=1S/C11H16N2O/c1-3-10(11(12)14)8-4-6-9(13-2)7-5-8/h4-7,10,13H,3H2,1-2H3,(H2,12,14). The predicted octanol–water partition coefficient (Wildman–Crippen LogP) is 1.71. The van der Waals surface area contributed by atoms with Gasteiger partial charge in [0, 0.05) is 12.7 Å². The third-order valence-corrected chi connectivity index (χ3v) is 2.35. The molecule has 3 heteroatoms. The maximum absolute atomic E-state index is 11.1. The van der Waals surface area contributed by atoms with Crippen LogP contribution in [0.3, 0.4) is 0 Å². The van der Waals surface area contributed by atoms with E-state index in [1.807, 2.05) is 38.2 Å². The highest BCUT2D eigenvalue weighted by Gasteiger charge is 2.14. The van der Waals surface area contributed by atoms with E-state index in [0.29, 0.717) is 0 Å². The monoisotopic (exact) mass is 192 g/mol. The Bertz CT molecular complexity index is 306. The Morgan fingerprint density at radius 3 is 2.36 bits per heavy atom. The summed E-state index contributed by atoms with van der Waals surface area (Å²) in [5.74, 6) is -0.425. The van der Waals surface area contributed by atoms with E-state index in [9.17, 15) is 4.79 Å². The fourth-order valence-corrected chi connectivity index (χ4v) is 1.48. The van der Waals surface area contributed by atoms with Gasteiger partial charge in [0.15, 0.2) is 0 Å². The summed E-state index contributed by atoms with van der Waals surface area (Å²) >= 11 is 0. The Labute approximate surface area is 84.3 Å². The van der Waals surface area contributed by atoms with Crippen LogP contribution in [-0.2, 0) is 4.79 Å². The molecule has 1 aromatic rings. The zero-order valence-corrected chi connectivity index (χ0v) is 8.58. The molecule has 14 heavy (non-hydrogen) atoms. The van der Waals surface area contributed by atoms with Gasteiger partial charge in [0.1, 0.15) is 0 Å². The van der Waals surface area contributed by atoms with E-state index in [0.717, 1.165) is 17.7 Å². The zero-order chi connectivity index (χ0) is 10.6. The molecule has 0 aromatic heterocycles. The number of nitrogens with two attached hydrogens (primary N) is 1. The molecular weight excluding hydrogens is 176 g/mol. The summed E-state index contributed by atoms with van der Waals surface area (Å²) in [6.45, 7) is 1.96. The van der Waals surface area contributed by atoms with Crippen molar-refractivity contribution in [2.24, 2.45) is 5.73 Å². The first-order valence-corrected chi connectivity index (χ1v) is 4.76. The summed E-state index contributed by atoms with van der Waals surface area (Å²) < 4.78 is 0. The van der Waals surface area contributed by atoms with Crippen molar-refractivity contribution < 1.29 is 4.79 Å². The molecule has 3 nitrogen and oxygen atoms in total. The zero-order valence-electron chi connectivity index (χ0n) is 8.58. The minimum atomic E-state index is -0.260. The van der Waals surface area contributed by atoms with E-state index in [4.69, 9.17) is 5.73 Å². The van der Waals surface area contributed by atoms with Crippen molar-refractivity contribution in [1.82, 2.24) is 0 Å². The number of carbonyl (C=O) groups excluding carboxylic acids is 1. The van der Waals surface area contributed by atoms with Crippen LogP contribution in [0.4, 0.5) is 5.69 Å². The van der Waals surface area contributed by atoms with E-state index in [-0.39, 0.29) is 11.8 Å². The van der Waals surface area contributed by atoms with Crippen molar-refractivity contribution in [3.05, 3.63) is 29.8 Å². The highest BCUT2D eigenvalue weighted by molar-refractivity contribution is 5.81. The number of hydrogen-bond acceptors (Lipinski definition) is 2. The van der Waals surface area contributed by atoms with Gasteiger partial charge in [-0.05, 0) is 24.1 Å². The SMILES string of the molecule is CCC(C(N)=O)c1ccc(NC)cc1. The third-order valence-electron chi connectivity index (χ3n) is 2.35. The van der Waals surface area contributed by atoms with E-state index >= 15 is 0 Å². The minimum Gasteiger partial charge on any atom is -0.388 e. The van der Waals surface area contributed by atoms with Crippen molar-refractivity contribution in [2.75, 3.05) is 12.4 Å². The van der Waals surface area contributed by atoms with Gasteiger partial charge < -0.3 is 11.1 Å². The van der Waals surface area contributed by atoms with Crippen LogP contribution in [0.15, 0.2) is 24.3 Å². The van der Waals surface area contributed by atoms with Crippen molar-refractivity contribution >= 4 is 11.6 Å². The maximum Gasteiger partial charge on any atom is 0.224 e. The lowest BCUT2D eigenvalue weighted by Gasteiger charge is -2.11. The van der Waals surface area contributed by atoms with E-state index in [1.165, 1.54) is 0 Å². The molecular formula is C11H16N2O. The highest BCUT2D eigenvalue weighted by Crippen LogP contribution is 2.20. The first-order valence-electron chi connectivity index (χ1n) is 4.76. The molecule has 0 radical (unpaired) electrons. The molecule has 76 valence electrons. The van der Waals surface area contributed by atoms with Crippen molar-refractivity contribution in [1.29, 1.82) is 0 Å². The average molecular weight is 192 g/mol. The summed E-state index contributed by atoms with van der Waals surface area (Å²) in [6.07, 6.45) is 0.744. The van der Waals surface area contributed by atoms with Crippen molar-refractivity contribution in [2.45, 2.75) is 19.3 Å². The van der Waals surface area contributed by atoms with Crippen LogP contribution < -0.4 is 11.1 Å². The van der Waals surface area contributed by atoms with Gasteiger partial charge in [0.2, 0.25) is 5.91 Å². The normalized spacial score (nSPS) is 12.1. The molecule has 0 aliphatic carbocycles. The highest BCUT2D eigenvalue weighted by atomic mass is 16.1. The number of benzene rings is 1. The Morgan fingerprint density at radius 2 is 2.00 bits per heavy atom. The van der Waals surface area contributed by atoms with Gasteiger partial charge in [-0.15, -0.1) is 0 Å². The number of primary amides is 1. The number of carbonyl (C=O) groups is 1. The summed E-state index contributed by atoms with van der Waals surface area (Å²) in [5.41, 5.74) is 7.32. The van der Waals surface area contributed by atoms with Crippen molar-refractivity contribution in [3.63, 3.8) is 0 Å². The lowest BCUT2D eigenvalue weighted by atomic mass is 9.96. The molecule has 0 saturated heterocycles. The molecule has 0 bridgehead atoms. The molecule has 1 atom stereocenters. The van der Waals surface area contributed by atoms with E-state index in [1.54, 1.807) is 0 Å². The maximum atomic E-state index is 11.1. The number of amides is 1. The second-order valence-corrected chi connectivity index (χ2v) is 3.24. The Hall–Kier alpha value is -1.51. The van der Waals surface area contributed by atoms with Gasteiger partial charge >= 0.3 is 0 Å². The molecule has 0 aliphatic rings. The van der Waals surface area contributed by atoms with Crippen molar-refractivity contribution in [3.8, 4) is 0 Å². The summed E-state index contributed by atoms with van der Waals surface area (Å²) in [7, 11) is 1.86. The van der Waals surface area contributed by atoms with Gasteiger partial charge in [0.25, 0.3) is 0 Å². The van der Waals surface area contributed by atoms with Gasteiger partial charge in [0.05, 0.1) is 5.92 Å². The molecule has 1 rings (SSSR count). The molecule has 0 aliphatic heterocycles. The fraction of sp³-hybridized carbons (Fsp3) is 0.364. The second kappa shape index (κ2) is 4.65. The summed E-state index contributed by atoms with van der Waals surface area (Å²) in [6, 6.07) is 7.76. The lowest BCUT2D eigenvalue weighted by Crippen LogP contribution is -2.20. The summed E-state index contributed by atoms with van der Waals surface area (Å²) in [4.78, 5) is 11.1. The minimum absolute atomic E-state index is 0.166. The largest absolute Gasteiger partial charge is 0.388 e. The molecule has 1 amide bonds. The van der Waals surface area contributed by atoms with Gasteiger partial charge in [-0.2, -0.15) is 0 Å². The van der Waals surface area contributed by atoms with Crippen LogP contribution in [0.25, 0.3) is 0 Å². The molecule has 0 fully saturated rings. The first-order chi connectivity index (χ1) is 6.69. The number of hydrogen-bond donors (Lipinski definition) is 2. The van der Waals surface area contributed by atoms with Crippen LogP contribution in [0.2, 0.25) is 0 Å². The van der Waals surface area contributed by atoms with Crippen LogP contribution in [0.1, 0.15) is 24.8 Å². The lowest BCUT2D eigenvalue weighted by molar-refractivity contribution is -0.119. The van der Waals surface area contributed by atoms with Crippen LogP contribution in [0, 0.1) is 0 Å².